The number of pyridine rings is 1. The van der Waals surface area contributed by atoms with E-state index in [-0.39, 0.29) is 54.8 Å². The Labute approximate surface area is 272 Å². The van der Waals surface area contributed by atoms with Gasteiger partial charge in [-0.1, -0.05) is 17.3 Å². The molecule has 1 atom stereocenters. The van der Waals surface area contributed by atoms with Crippen LogP contribution in [-0.2, 0) is 23.9 Å². The average molecular weight is 674 g/mol. The number of likely N-dealkylation sites (tertiary alicyclic amines) is 1. The number of urea groups is 1. The number of benzene rings is 1. The van der Waals surface area contributed by atoms with Crippen molar-refractivity contribution in [3.05, 3.63) is 76.8 Å². The number of amides is 3. The van der Waals surface area contributed by atoms with E-state index >= 15 is 0 Å². The van der Waals surface area contributed by atoms with Gasteiger partial charge in [0.15, 0.2) is 11.6 Å². The Morgan fingerprint density at radius 3 is 2.44 bits per heavy atom. The summed E-state index contributed by atoms with van der Waals surface area (Å²) in [5.41, 5.74) is 1.41. The maximum atomic E-state index is 14.4. The van der Waals surface area contributed by atoms with E-state index in [1.807, 2.05) is 18.2 Å². The van der Waals surface area contributed by atoms with Gasteiger partial charge in [-0.25, -0.2) is 28.4 Å². The molecule has 1 unspecified atom stereocenters. The van der Waals surface area contributed by atoms with Crippen molar-refractivity contribution in [2.45, 2.75) is 24.8 Å². The normalized spacial score (nSPS) is 17.5. The molecule has 16 heteroatoms. The van der Waals surface area contributed by atoms with Crippen molar-refractivity contribution in [2.24, 2.45) is 5.16 Å². The van der Waals surface area contributed by atoms with E-state index in [0.717, 1.165) is 60.9 Å². The molecule has 3 amide bonds. The van der Waals surface area contributed by atoms with E-state index in [1.54, 1.807) is 6.20 Å². The zero-order chi connectivity index (χ0) is 30.9. The molecule has 0 spiro atoms. The number of aromatic nitrogens is 1. The lowest BCUT2D eigenvalue weighted by molar-refractivity contribution is -0.140. The van der Waals surface area contributed by atoms with E-state index in [2.05, 4.69) is 20.4 Å². The van der Waals surface area contributed by atoms with Gasteiger partial charge in [0.25, 0.3) is 0 Å². The van der Waals surface area contributed by atoms with Gasteiger partial charge >= 0.3 is 12.0 Å². The summed E-state index contributed by atoms with van der Waals surface area (Å²) in [5, 5.41) is 8.63. The van der Waals surface area contributed by atoms with Gasteiger partial charge in [0.05, 0.1) is 37.2 Å². The first-order valence-corrected chi connectivity index (χ1v) is 13.6. The summed E-state index contributed by atoms with van der Waals surface area (Å²) in [6.45, 7) is 1.40. The highest BCUT2D eigenvalue weighted by Crippen LogP contribution is 2.36. The maximum absolute atomic E-state index is 14.4. The van der Waals surface area contributed by atoms with Gasteiger partial charge < -0.3 is 19.6 Å². The number of hydrazine groups is 1. The number of carbonyl (C=O) groups excluding carboxylic acids is 3. The minimum atomic E-state index is -1.37. The number of piperidine rings is 1. The van der Waals surface area contributed by atoms with Crippen LogP contribution in [0.15, 0.2) is 59.0 Å². The first-order valence-electron chi connectivity index (χ1n) is 13.6. The number of oxime groups is 1. The summed E-state index contributed by atoms with van der Waals surface area (Å²) in [4.78, 5) is 50.7. The van der Waals surface area contributed by atoms with Crippen molar-refractivity contribution < 1.29 is 37.5 Å². The lowest BCUT2D eigenvalue weighted by Gasteiger charge is -2.42. The Hall–Kier alpha value is -3.85. The van der Waals surface area contributed by atoms with Gasteiger partial charge in [-0.15, -0.1) is 24.8 Å². The van der Waals surface area contributed by atoms with Gasteiger partial charge in [-0.3, -0.25) is 14.7 Å². The second-order valence-electron chi connectivity index (χ2n) is 10.0. The molecule has 0 bridgehead atoms. The highest BCUT2D eigenvalue weighted by Gasteiger charge is 2.43. The van der Waals surface area contributed by atoms with Crippen LogP contribution in [0.2, 0.25) is 0 Å². The topological polar surface area (TPSA) is 126 Å². The fourth-order valence-corrected chi connectivity index (χ4v) is 5.37. The SMILES string of the molecule is COCC1=C(C(=O)OC)C(c2ccc(F)c(F)c2)N(N(C=O)CC(CN2CCC(c3ccccn3)CC2)=NOC)C(=O)N1.Cl.Cl. The first-order chi connectivity index (χ1) is 20.8. The van der Waals surface area contributed by atoms with Crippen LogP contribution < -0.4 is 5.32 Å². The monoisotopic (exact) mass is 672 g/mol. The highest BCUT2D eigenvalue weighted by atomic mass is 35.5. The molecule has 0 aliphatic carbocycles. The Morgan fingerprint density at radius 2 is 1.87 bits per heavy atom. The van der Waals surface area contributed by atoms with Crippen LogP contribution in [0.25, 0.3) is 0 Å². The molecule has 246 valence electrons. The second-order valence-corrected chi connectivity index (χ2v) is 10.0. The third-order valence-corrected chi connectivity index (χ3v) is 7.33. The van der Waals surface area contributed by atoms with Crippen molar-refractivity contribution in [1.82, 2.24) is 25.2 Å². The van der Waals surface area contributed by atoms with Gasteiger partial charge in [0.2, 0.25) is 6.41 Å². The fraction of sp³-hybridized carbons (Fsp3) is 0.414. The molecular formula is C29H36Cl2F2N6O6. The van der Waals surface area contributed by atoms with Crippen LogP contribution in [0.5, 0.6) is 0 Å². The number of halogens is 4. The minimum absolute atomic E-state index is 0. The van der Waals surface area contributed by atoms with Crippen LogP contribution in [-0.4, -0.2) is 98.1 Å². The van der Waals surface area contributed by atoms with E-state index < -0.39 is 29.7 Å². The Balaban J connectivity index is 0.00000353. The van der Waals surface area contributed by atoms with E-state index in [0.29, 0.717) is 24.6 Å². The van der Waals surface area contributed by atoms with Crippen LogP contribution in [0, 0.1) is 11.6 Å². The summed E-state index contributed by atoms with van der Waals surface area (Å²) in [6.07, 6.45) is 3.91. The van der Waals surface area contributed by atoms with Gasteiger partial charge in [0.1, 0.15) is 13.2 Å². The summed E-state index contributed by atoms with van der Waals surface area (Å²) < 4.78 is 38.4. The van der Waals surface area contributed by atoms with Gasteiger partial charge in [0, 0.05) is 31.5 Å². The van der Waals surface area contributed by atoms with E-state index in [9.17, 15) is 23.2 Å². The lowest BCUT2D eigenvalue weighted by Crippen LogP contribution is -2.58. The number of methoxy groups -OCH3 is 2. The fourth-order valence-electron chi connectivity index (χ4n) is 5.37. The Morgan fingerprint density at radius 1 is 1.13 bits per heavy atom. The molecular weight excluding hydrogens is 637 g/mol. The lowest BCUT2D eigenvalue weighted by atomic mass is 9.93. The van der Waals surface area contributed by atoms with Crippen molar-refractivity contribution >= 4 is 48.9 Å². The van der Waals surface area contributed by atoms with Crippen molar-refractivity contribution in [3.8, 4) is 0 Å². The largest absolute Gasteiger partial charge is 0.466 e. The predicted molar refractivity (Wildman–Crippen MR) is 165 cm³/mol. The quantitative estimate of drug-likeness (QED) is 0.157. The number of hydrogen-bond acceptors (Lipinski definition) is 9. The van der Waals surface area contributed by atoms with Crippen molar-refractivity contribution in [1.29, 1.82) is 0 Å². The molecule has 0 radical (unpaired) electrons. The summed E-state index contributed by atoms with van der Waals surface area (Å²) in [7, 11) is 3.86. The first kappa shape index (κ1) is 37.3. The molecule has 1 aromatic heterocycles. The van der Waals surface area contributed by atoms with E-state index in [1.165, 1.54) is 20.3 Å². The van der Waals surface area contributed by atoms with Crippen LogP contribution >= 0.6 is 24.8 Å². The average Bonchev–Trinajstić information content (AvgIpc) is 3.02. The Kier molecular flexibility index (Phi) is 14.6. The zero-order valence-corrected chi connectivity index (χ0v) is 26.6. The van der Waals surface area contributed by atoms with Gasteiger partial charge in [-0.2, -0.15) is 0 Å². The summed E-state index contributed by atoms with van der Waals surface area (Å²) in [5.74, 6) is -2.86. The molecule has 12 nitrogen and oxygen atoms in total. The molecule has 0 saturated carbocycles. The molecule has 2 aliphatic heterocycles. The molecule has 1 fully saturated rings. The number of nitrogens with zero attached hydrogens (tertiary/aromatic N) is 5. The molecule has 2 aliphatic rings. The molecule has 45 heavy (non-hydrogen) atoms. The maximum Gasteiger partial charge on any atom is 0.341 e. The standard InChI is InChI=1S/C29H34F2N6O6.2ClH/c1-41-17-25-26(28(39)42-2)27(20-7-8-22(30)23(31)14-20)37(29(40)33-25)36(18-38)16-21(34-43-3)15-35-12-9-19(10-13-35)24-6-4-5-11-32-24;;/h4-8,11,14,18-19,27H,9-10,12-13,15-17H2,1-3H3,(H,33,40);2*1H. The molecule has 1 N–H and O–H groups in total. The highest BCUT2D eigenvalue weighted by molar-refractivity contribution is 5.96. The number of ether oxygens (including phenoxy) is 2. The molecule has 3 heterocycles. The summed E-state index contributed by atoms with van der Waals surface area (Å²) >= 11 is 0. The van der Waals surface area contributed by atoms with Crippen molar-refractivity contribution in [3.63, 3.8) is 0 Å². The number of nitrogens with one attached hydrogen (secondary N) is 1. The molecule has 1 saturated heterocycles. The zero-order valence-electron chi connectivity index (χ0n) is 25.0. The van der Waals surface area contributed by atoms with Gasteiger partial charge in [-0.05, 0) is 55.8 Å². The summed E-state index contributed by atoms with van der Waals surface area (Å²) in [6, 6.07) is 6.64. The third kappa shape index (κ3) is 8.87. The number of hydrogen-bond donors (Lipinski definition) is 1. The number of esters is 1. The van der Waals surface area contributed by atoms with Crippen LogP contribution in [0.1, 0.15) is 36.1 Å². The number of rotatable bonds is 12. The van der Waals surface area contributed by atoms with E-state index in [4.69, 9.17) is 14.3 Å². The molecule has 2 aromatic rings. The van der Waals surface area contributed by atoms with Crippen LogP contribution in [0.4, 0.5) is 13.6 Å². The minimum Gasteiger partial charge on any atom is -0.466 e. The number of carbonyl (C=O) groups is 3. The third-order valence-electron chi connectivity index (χ3n) is 7.33. The van der Waals surface area contributed by atoms with Crippen LogP contribution in [0.3, 0.4) is 0 Å². The van der Waals surface area contributed by atoms with Crippen molar-refractivity contribution in [2.75, 3.05) is 54.1 Å². The molecule has 1 aromatic carbocycles. The smallest absolute Gasteiger partial charge is 0.341 e. The predicted octanol–water partition coefficient (Wildman–Crippen LogP) is 3.60. The molecule has 4 rings (SSSR count). The second kappa shape index (κ2) is 17.6. The Bertz CT molecular complexity index is 1380.